The first-order chi connectivity index (χ1) is 12.3. The highest BCUT2D eigenvalue weighted by molar-refractivity contribution is 6.03. The summed E-state index contributed by atoms with van der Waals surface area (Å²) in [4.78, 5) is 37.4. The number of nitrogens with one attached hydrogen (secondary N) is 1. The Labute approximate surface area is 151 Å². The molecule has 1 atom stereocenters. The summed E-state index contributed by atoms with van der Waals surface area (Å²) in [5.41, 5.74) is 3.62. The number of carbonyl (C=O) groups is 3. The molecule has 3 rings (SSSR count). The van der Waals surface area contributed by atoms with Gasteiger partial charge in [0, 0.05) is 24.3 Å². The van der Waals surface area contributed by atoms with Crippen molar-refractivity contribution in [1.82, 2.24) is 0 Å². The summed E-state index contributed by atoms with van der Waals surface area (Å²) in [7, 11) is 0. The molecule has 1 aliphatic rings. The molecule has 0 aromatic heterocycles. The van der Waals surface area contributed by atoms with Crippen LogP contribution in [0.2, 0.25) is 0 Å². The summed E-state index contributed by atoms with van der Waals surface area (Å²) in [5.74, 6) is -1.78. The zero-order valence-corrected chi connectivity index (χ0v) is 14.7. The van der Waals surface area contributed by atoms with E-state index in [1.54, 1.807) is 17.0 Å². The molecule has 0 spiro atoms. The molecule has 2 amide bonds. The van der Waals surface area contributed by atoms with Gasteiger partial charge < -0.3 is 15.3 Å². The fourth-order valence-corrected chi connectivity index (χ4v) is 3.18. The van der Waals surface area contributed by atoms with Crippen LogP contribution in [0.1, 0.15) is 27.9 Å². The van der Waals surface area contributed by atoms with E-state index in [0.717, 1.165) is 16.8 Å². The SMILES string of the molecule is Cc1cc(C)cc(N2C[C@@H](C(=O)Nc3ccc(C(=O)O)cc3)CC2=O)c1. The summed E-state index contributed by atoms with van der Waals surface area (Å²) in [5, 5.41) is 11.7. The van der Waals surface area contributed by atoms with Crippen molar-refractivity contribution in [1.29, 1.82) is 0 Å². The van der Waals surface area contributed by atoms with Crippen molar-refractivity contribution in [3.8, 4) is 0 Å². The van der Waals surface area contributed by atoms with Crippen LogP contribution in [0.3, 0.4) is 0 Å². The molecular formula is C20H20N2O4. The van der Waals surface area contributed by atoms with Crippen molar-refractivity contribution < 1.29 is 19.5 Å². The highest BCUT2D eigenvalue weighted by Gasteiger charge is 2.35. The molecule has 0 unspecified atom stereocenters. The van der Waals surface area contributed by atoms with Gasteiger partial charge in [0.2, 0.25) is 11.8 Å². The first-order valence-corrected chi connectivity index (χ1v) is 8.36. The maximum atomic E-state index is 12.5. The predicted octanol–water partition coefficient (Wildman–Crippen LogP) is 2.99. The van der Waals surface area contributed by atoms with Gasteiger partial charge >= 0.3 is 5.97 Å². The lowest BCUT2D eigenvalue weighted by atomic mass is 10.1. The first kappa shape index (κ1) is 17.7. The third kappa shape index (κ3) is 3.74. The van der Waals surface area contributed by atoms with Gasteiger partial charge in [0.15, 0.2) is 0 Å². The van der Waals surface area contributed by atoms with Crippen LogP contribution in [0.25, 0.3) is 0 Å². The third-order valence-electron chi connectivity index (χ3n) is 4.41. The van der Waals surface area contributed by atoms with E-state index < -0.39 is 11.9 Å². The lowest BCUT2D eigenvalue weighted by Gasteiger charge is -2.18. The molecule has 0 aliphatic carbocycles. The van der Waals surface area contributed by atoms with Gasteiger partial charge in [-0.15, -0.1) is 0 Å². The van der Waals surface area contributed by atoms with Crippen molar-refractivity contribution in [2.75, 3.05) is 16.8 Å². The van der Waals surface area contributed by atoms with Gasteiger partial charge in [-0.2, -0.15) is 0 Å². The molecule has 1 saturated heterocycles. The van der Waals surface area contributed by atoms with Crippen molar-refractivity contribution in [2.45, 2.75) is 20.3 Å². The molecule has 134 valence electrons. The van der Waals surface area contributed by atoms with Crippen LogP contribution in [0.15, 0.2) is 42.5 Å². The van der Waals surface area contributed by atoms with Crippen LogP contribution in [0.4, 0.5) is 11.4 Å². The van der Waals surface area contributed by atoms with Crippen molar-refractivity contribution in [3.05, 3.63) is 59.2 Å². The molecule has 6 nitrogen and oxygen atoms in total. The fraction of sp³-hybridized carbons (Fsp3) is 0.250. The van der Waals surface area contributed by atoms with Crippen molar-refractivity contribution in [2.24, 2.45) is 5.92 Å². The second-order valence-electron chi connectivity index (χ2n) is 6.62. The number of amides is 2. The minimum absolute atomic E-state index is 0.0728. The Kier molecular flexibility index (Phi) is 4.75. The van der Waals surface area contributed by atoms with Gasteiger partial charge in [-0.25, -0.2) is 4.79 Å². The Hall–Kier alpha value is -3.15. The number of anilines is 2. The van der Waals surface area contributed by atoms with Gasteiger partial charge in [-0.3, -0.25) is 9.59 Å². The smallest absolute Gasteiger partial charge is 0.335 e. The third-order valence-corrected chi connectivity index (χ3v) is 4.41. The molecule has 1 heterocycles. The van der Waals surface area contributed by atoms with Gasteiger partial charge in [0.25, 0.3) is 0 Å². The van der Waals surface area contributed by atoms with E-state index >= 15 is 0 Å². The van der Waals surface area contributed by atoms with Crippen molar-refractivity contribution >= 4 is 29.2 Å². The molecule has 1 fully saturated rings. The Morgan fingerprint density at radius 1 is 1.08 bits per heavy atom. The maximum absolute atomic E-state index is 12.5. The first-order valence-electron chi connectivity index (χ1n) is 8.36. The standard InChI is InChI=1S/C20H20N2O4/c1-12-7-13(2)9-17(8-12)22-11-15(10-18(22)23)19(24)21-16-5-3-14(4-6-16)20(25)26/h3-9,15H,10-11H2,1-2H3,(H,21,24)(H,25,26)/t15-/m0/s1. The Bertz CT molecular complexity index is 854. The van der Waals surface area contributed by atoms with E-state index in [2.05, 4.69) is 5.32 Å². The van der Waals surface area contributed by atoms with Gasteiger partial charge in [0.1, 0.15) is 0 Å². The number of carboxylic acid groups (broad SMARTS) is 1. The number of carboxylic acids is 1. The van der Waals surface area contributed by atoms with Gasteiger partial charge in [-0.1, -0.05) is 6.07 Å². The number of nitrogens with zero attached hydrogens (tertiary/aromatic N) is 1. The van der Waals surface area contributed by atoms with E-state index in [4.69, 9.17) is 5.11 Å². The van der Waals surface area contributed by atoms with E-state index in [9.17, 15) is 14.4 Å². The summed E-state index contributed by atoms with van der Waals surface area (Å²) in [6, 6.07) is 11.9. The van der Waals surface area contributed by atoms with Gasteiger partial charge in [0.05, 0.1) is 11.5 Å². The number of carbonyl (C=O) groups excluding carboxylic acids is 2. The molecule has 6 heteroatoms. The highest BCUT2D eigenvalue weighted by atomic mass is 16.4. The minimum atomic E-state index is -1.02. The van der Waals surface area contributed by atoms with E-state index in [1.165, 1.54) is 12.1 Å². The molecule has 0 saturated carbocycles. The number of aromatic carboxylic acids is 1. The van der Waals surface area contributed by atoms with Crippen LogP contribution < -0.4 is 10.2 Å². The maximum Gasteiger partial charge on any atom is 0.335 e. The highest BCUT2D eigenvalue weighted by Crippen LogP contribution is 2.27. The summed E-state index contributed by atoms with van der Waals surface area (Å²) >= 11 is 0. The minimum Gasteiger partial charge on any atom is -0.478 e. The topological polar surface area (TPSA) is 86.7 Å². The number of hydrogen-bond donors (Lipinski definition) is 2. The number of rotatable bonds is 4. The van der Waals surface area contributed by atoms with Crippen LogP contribution in [-0.4, -0.2) is 29.4 Å². The molecule has 2 N–H and O–H groups in total. The average Bonchev–Trinajstić information content (AvgIpc) is 2.96. The number of aryl methyl sites for hydroxylation is 2. The molecule has 26 heavy (non-hydrogen) atoms. The number of hydrogen-bond acceptors (Lipinski definition) is 3. The molecule has 0 bridgehead atoms. The lowest BCUT2D eigenvalue weighted by molar-refractivity contribution is -0.122. The molecule has 0 radical (unpaired) electrons. The fourth-order valence-electron chi connectivity index (χ4n) is 3.18. The predicted molar refractivity (Wildman–Crippen MR) is 98.4 cm³/mol. The van der Waals surface area contributed by atoms with Crippen LogP contribution >= 0.6 is 0 Å². The van der Waals surface area contributed by atoms with Crippen LogP contribution in [-0.2, 0) is 9.59 Å². The Morgan fingerprint density at radius 2 is 1.69 bits per heavy atom. The van der Waals surface area contributed by atoms with Crippen LogP contribution in [0, 0.1) is 19.8 Å². The molecule has 1 aliphatic heterocycles. The summed E-state index contributed by atoms with van der Waals surface area (Å²) in [6.07, 6.45) is 0.159. The molecule has 2 aromatic rings. The molecule has 2 aromatic carbocycles. The normalized spacial score (nSPS) is 16.6. The van der Waals surface area contributed by atoms with E-state index in [1.807, 2.05) is 32.0 Å². The summed E-state index contributed by atoms with van der Waals surface area (Å²) < 4.78 is 0. The number of benzene rings is 2. The van der Waals surface area contributed by atoms with E-state index in [-0.39, 0.29) is 23.8 Å². The van der Waals surface area contributed by atoms with Gasteiger partial charge in [-0.05, 0) is 61.4 Å². The summed E-state index contributed by atoms with van der Waals surface area (Å²) in [6.45, 7) is 4.28. The Balaban J connectivity index is 1.69. The Morgan fingerprint density at radius 3 is 2.27 bits per heavy atom. The largest absolute Gasteiger partial charge is 0.478 e. The van der Waals surface area contributed by atoms with Crippen LogP contribution in [0.5, 0.6) is 0 Å². The zero-order valence-electron chi connectivity index (χ0n) is 14.7. The average molecular weight is 352 g/mol. The second kappa shape index (κ2) is 7.00. The quantitative estimate of drug-likeness (QED) is 0.886. The molecular weight excluding hydrogens is 332 g/mol. The lowest BCUT2D eigenvalue weighted by Crippen LogP contribution is -2.28. The second-order valence-corrected chi connectivity index (χ2v) is 6.62. The monoisotopic (exact) mass is 352 g/mol. The van der Waals surface area contributed by atoms with E-state index in [0.29, 0.717) is 12.2 Å². The zero-order chi connectivity index (χ0) is 18.8. The van der Waals surface area contributed by atoms with Crippen molar-refractivity contribution in [3.63, 3.8) is 0 Å².